The molecule has 25 heavy (non-hydrogen) atoms. The van der Waals surface area contributed by atoms with E-state index in [1.807, 2.05) is 0 Å². The molecule has 152 valence electrons. The molecule has 0 N–H and O–H groups in total. The Morgan fingerprint density at radius 3 is 1.48 bits per heavy atom. The lowest BCUT2D eigenvalue weighted by molar-refractivity contribution is -0.00563. The van der Waals surface area contributed by atoms with Gasteiger partial charge >= 0.3 is 0 Å². The Morgan fingerprint density at radius 2 is 0.960 bits per heavy atom. The highest BCUT2D eigenvalue weighted by Crippen LogP contribution is 2.08. The average Bonchev–Trinajstić information content (AvgIpc) is 2.63. The fourth-order valence-electron chi connectivity index (χ4n) is 2.40. The summed E-state index contributed by atoms with van der Waals surface area (Å²) in [4.78, 5) is 0. The maximum atomic E-state index is 5.59. The van der Waals surface area contributed by atoms with Gasteiger partial charge in [-0.05, 0) is 12.3 Å². The molecule has 0 rings (SSSR count). The topological polar surface area (TPSA) is 36.9 Å². The second-order valence-electron chi connectivity index (χ2n) is 6.90. The van der Waals surface area contributed by atoms with Crippen LogP contribution in [-0.4, -0.2) is 52.9 Å². The smallest absolute Gasteiger partial charge is 0.0701 e. The maximum absolute atomic E-state index is 5.59. The molecule has 0 aromatic carbocycles. The van der Waals surface area contributed by atoms with Gasteiger partial charge in [0.15, 0.2) is 0 Å². The van der Waals surface area contributed by atoms with E-state index in [1.54, 1.807) is 0 Å². The zero-order valence-corrected chi connectivity index (χ0v) is 17.2. The quantitative estimate of drug-likeness (QED) is 0.262. The summed E-state index contributed by atoms with van der Waals surface area (Å²) >= 11 is 0. The molecule has 0 spiro atoms. The molecule has 0 saturated carbocycles. The van der Waals surface area contributed by atoms with Crippen LogP contribution in [0.1, 0.15) is 78.6 Å². The summed E-state index contributed by atoms with van der Waals surface area (Å²) in [5.74, 6) is 0.633. The molecule has 0 bridgehead atoms. The molecule has 1 atom stereocenters. The first-order chi connectivity index (χ1) is 12.3. The Hall–Kier alpha value is -0.160. The molecular weight excluding hydrogens is 316 g/mol. The number of rotatable bonds is 21. The largest absolute Gasteiger partial charge is 0.379 e. The van der Waals surface area contributed by atoms with Crippen molar-refractivity contribution in [1.29, 1.82) is 0 Å². The van der Waals surface area contributed by atoms with Crippen molar-refractivity contribution < 1.29 is 18.9 Å². The van der Waals surface area contributed by atoms with Gasteiger partial charge in [0.05, 0.1) is 39.6 Å². The second kappa shape index (κ2) is 21.9. The van der Waals surface area contributed by atoms with Crippen LogP contribution in [0.3, 0.4) is 0 Å². The van der Waals surface area contributed by atoms with Crippen LogP contribution >= 0.6 is 0 Å². The molecule has 0 aromatic heterocycles. The van der Waals surface area contributed by atoms with Crippen molar-refractivity contribution in [2.75, 3.05) is 52.9 Å². The predicted molar refractivity (Wildman–Crippen MR) is 105 cm³/mol. The number of ether oxygens (including phenoxy) is 4. The first-order valence-corrected chi connectivity index (χ1v) is 10.6. The molecule has 0 radical (unpaired) electrons. The first kappa shape index (κ1) is 24.8. The maximum Gasteiger partial charge on any atom is 0.0701 e. The lowest BCUT2D eigenvalue weighted by Gasteiger charge is -2.10. The van der Waals surface area contributed by atoms with E-state index in [2.05, 4.69) is 20.8 Å². The summed E-state index contributed by atoms with van der Waals surface area (Å²) in [6.45, 7) is 12.3. The van der Waals surface area contributed by atoms with Crippen LogP contribution in [0.15, 0.2) is 0 Å². The number of unbranched alkanes of at least 4 members (excludes halogenated alkanes) is 7. The summed E-state index contributed by atoms with van der Waals surface area (Å²) in [5, 5.41) is 0. The van der Waals surface area contributed by atoms with Crippen LogP contribution in [-0.2, 0) is 18.9 Å². The molecule has 0 fully saturated rings. The summed E-state index contributed by atoms with van der Waals surface area (Å²) in [5.41, 5.74) is 0. The zero-order valence-electron chi connectivity index (χ0n) is 17.2. The minimum Gasteiger partial charge on any atom is -0.379 e. The minimum absolute atomic E-state index is 0.630. The van der Waals surface area contributed by atoms with Crippen molar-refractivity contribution in [3.05, 3.63) is 0 Å². The van der Waals surface area contributed by atoms with Gasteiger partial charge in [0.25, 0.3) is 0 Å². The highest BCUT2D eigenvalue weighted by molar-refractivity contribution is 4.47. The van der Waals surface area contributed by atoms with Crippen molar-refractivity contribution in [2.24, 2.45) is 5.92 Å². The van der Waals surface area contributed by atoms with Crippen molar-refractivity contribution in [2.45, 2.75) is 78.6 Å². The second-order valence-corrected chi connectivity index (χ2v) is 6.90. The molecule has 0 aliphatic heterocycles. The van der Waals surface area contributed by atoms with Gasteiger partial charge < -0.3 is 18.9 Å². The molecule has 4 nitrogen and oxygen atoms in total. The Balaban J connectivity index is 2.98. The van der Waals surface area contributed by atoms with E-state index in [0.717, 1.165) is 19.6 Å². The van der Waals surface area contributed by atoms with E-state index in [0.29, 0.717) is 45.6 Å². The van der Waals surface area contributed by atoms with Crippen LogP contribution in [0.4, 0.5) is 0 Å². The SMILES string of the molecule is CCCCCCCCCCOCCOCCOCCOCC(C)CC. The monoisotopic (exact) mass is 360 g/mol. The number of hydrogen-bond donors (Lipinski definition) is 0. The van der Waals surface area contributed by atoms with Gasteiger partial charge in [-0.25, -0.2) is 0 Å². The lowest BCUT2D eigenvalue weighted by atomic mass is 10.1. The highest BCUT2D eigenvalue weighted by Gasteiger charge is 1.98. The Labute approximate surface area is 156 Å². The van der Waals surface area contributed by atoms with Crippen LogP contribution in [0.5, 0.6) is 0 Å². The highest BCUT2D eigenvalue weighted by atomic mass is 16.6. The molecule has 1 unspecified atom stereocenters. The first-order valence-electron chi connectivity index (χ1n) is 10.6. The molecule has 0 aliphatic carbocycles. The van der Waals surface area contributed by atoms with Crippen LogP contribution in [0, 0.1) is 5.92 Å². The van der Waals surface area contributed by atoms with Crippen molar-refractivity contribution >= 4 is 0 Å². The van der Waals surface area contributed by atoms with E-state index in [-0.39, 0.29) is 0 Å². The predicted octanol–water partition coefficient (Wildman–Crippen LogP) is 5.24. The molecule has 0 aliphatic rings. The summed E-state index contributed by atoms with van der Waals surface area (Å²) < 4.78 is 22.1. The Kier molecular flexibility index (Phi) is 21.7. The summed E-state index contributed by atoms with van der Waals surface area (Å²) in [7, 11) is 0. The summed E-state index contributed by atoms with van der Waals surface area (Å²) in [6.07, 6.45) is 11.9. The van der Waals surface area contributed by atoms with E-state index < -0.39 is 0 Å². The van der Waals surface area contributed by atoms with E-state index in [9.17, 15) is 0 Å². The molecule has 0 aromatic rings. The fraction of sp³-hybridized carbons (Fsp3) is 1.00. The van der Waals surface area contributed by atoms with Gasteiger partial charge in [0, 0.05) is 13.2 Å². The Bertz CT molecular complexity index is 236. The normalized spacial score (nSPS) is 12.6. The van der Waals surface area contributed by atoms with Gasteiger partial charge in [0.2, 0.25) is 0 Å². The Morgan fingerprint density at radius 1 is 0.520 bits per heavy atom. The lowest BCUT2D eigenvalue weighted by Crippen LogP contribution is -2.13. The molecular formula is C21H44O4. The van der Waals surface area contributed by atoms with Gasteiger partial charge in [-0.2, -0.15) is 0 Å². The minimum atomic E-state index is 0.630. The van der Waals surface area contributed by atoms with E-state index in [1.165, 1.54) is 51.4 Å². The van der Waals surface area contributed by atoms with Gasteiger partial charge in [-0.1, -0.05) is 72.1 Å². The van der Waals surface area contributed by atoms with Crippen molar-refractivity contribution in [3.8, 4) is 0 Å². The van der Waals surface area contributed by atoms with E-state index >= 15 is 0 Å². The standard InChI is InChI=1S/C21H44O4/c1-4-6-7-8-9-10-11-12-13-22-14-15-23-16-17-24-18-19-25-20-21(3)5-2/h21H,4-20H2,1-3H3. The molecule has 0 saturated heterocycles. The van der Waals surface area contributed by atoms with E-state index in [4.69, 9.17) is 18.9 Å². The molecule has 0 amide bonds. The van der Waals surface area contributed by atoms with Crippen molar-refractivity contribution in [1.82, 2.24) is 0 Å². The average molecular weight is 361 g/mol. The molecule has 0 heterocycles. The van der Waals surface area contributed by atoms with Crippen LogP contribution in [0.25, 0.3) is 0 Å². The van der Waals surface area contributed by atoms with Crippen molar-refractivity contribution in [3.63, 3.8) is 0 Å². The van der Waals surface area contributed by atoms with Crippen LogP contribution in [0.2, 0.25) is 0 Å². The summed E-state index contributed by atoms with van der Waals surface area (Å²) in [6, 6.07) is 0. The third-order valence-corrected chi connectivity index (χ3v) is 4.36. The third kappa shape index (κ3) is 21.8. The fourth-order valence-corrected chi connectivity index (χ4v) is 2.40. The number of hydrogen-bond acceptors (Lipinski definition) is 4. The van der Waals surface area contributed by atoms with Gasteiger partial charge in [-0.3, -0.25) is 0 Å². The van der Waals surface area contributed by atoms with Crippen LogP contribution < -0.4 is 0 Å². The van der Waals surface area contributed by atoms with Gasteiger partial charge in [0.1, 0.15) is 0 Å². The third-order valence-electron chi connectivity index (χ3n) is 4.36. The van der Waals surface area contributed by atoms with Gasteiger partial charge in [-0.15, -0.1) is 0 Å². The molecule has 4 heteroatoms. The zero-order chi connectivity index (χ0) is 18.4.